The second-order valence-electron chi connectivity index (χ2n) is 3.68. The molecule has 100 valence electrons. The van der Waals surface area contributed by atoms with Crippen molar-refractivity contribution in [1.82, 2.24) is 5.32 Å². The van der Waals surface area contributed by atoms with Gasteiger partial charge in [-0.05, 0) is 19.2 Å². The van der Waals surface area contributed by atoms with Gasteiger partial charge in [-0.2, -0.15) is 0 Å². The first-order chi connectivity index (χ1) is 8.32. The summed E-state index contributed by atoms with van der Waals surface area (Å²) in [7, 11) is -0.947. The SMILES string of the molecule is CNCC(=O)c1ccc(S(C)(=O)=O)c(F)c1OC. The van der Waals surface area contributed by atoms with E-state index in [1.807, 2.05) is 0 Å². The van der Waals surface area contributed by atoms with Crippen LogP contribution in [-0.4, -0.2) is 41.2 Å². The van der Waals surface area contributed by atoms with E-state index in [4.69, 9.17) is 4.74 Å². The number of methoxy groups -OCH3 is 1. The van der Waals surface area contributed by atoms with Crippen molar-refractivity contribution in [3.63, 3.8) is 0 Å². The number of carbonyl (C=O) groups is 1. The first kappa shape index (κ1) is 14.6. The Labute approximate surface area is 105 Å². The largest absolute Gasteiger partial charge is 0.493 e. The van der Waals surface area contributed by atoms with Crippen molar-refractivity contribution in [2.45, 2.75) is 4.90 Å². The molecule has 0 bridgehead atoms. The van der Waals surface area contributed by atoms with Gasteiger partial charge in [-0.1, -0.05) is 0 Å². The molecule has 1 aromatic rings. The second-order valence-corrected chi connectivity index (χ2v) is 5.67. The summed E-state index contributed by atoms with van der Waals surface area (Å²) < 4.78 is 41.4. The highest BCUT2D eigenvalue weighted by molar-refractivity contribution is 7.90. The molecule has 5 nitrogen and oxygen atoms in total. The molecule has 0 atom stereocenters. The summed E-state index contributed by atoms with van der Waals surface area (Å²) in [6.07, 6.45) is 0.889. The van der Waals surface area contributed by atoms with Crippen LogP contribution >= 0.6 is 0 Å². The molecule has 18 heavy (non-hydrogen) atoms. The van der Waals surface area contributed by atoms with Crippen molar-refractivity contribution in [3.8, 4) is 5.75 Å². The minimum Gasteiger partial charge on any atom is -0.493 e. The summed E-state index contributed by atoms with van der Waals surface area (Å²) >= 11 is 0. The Kier molecular flexibility index (Phi) is 4.42. The van der Waals surface area contributed by atoms with Crippen molar-refractivity contribution >= 4 is 15.6 Å². The van der Waals surface area contributed by atoms with Crippen LogP contribution in [-0.2, 0) is 9.84 Å². The Morgan fingerprint density at radius 3 is 2.50 bits per heavy atom. The van der Waals surface area contributed by atoms with Crippen molar-refractivity contribution in [2.75, 3.05) is 27.0 Å². The molecular formula is C11H14FNO4S. The molecule has 0 saturated heterocycles. The van der Waals surface area contributed by atoms with Crippen LogP contribution in [0.25, 0.3) is 0 Å². The molecule has 0 spiro atoms. The molecule has 0 amide bonds. The van der Waals surface area contributed by atoms with E-state index in [0.29, 0.717) is 0 Å². The van der Waals surface area contributed by atoms with E-state index in [-0.39, 0.29) is 23.6 Å². The van der Waals surface area contributed by atoms with Crippen molar-refractivity contribution < 1.29 is 22.3 Å². The number of ketones is 1. The van der Waals surface area contributed by atoms with Crippen LogP contribution in [0.1, 0.15) is 10.4 Å². The summed E-state index contributed by atoms with van der Waals surface area (Å²) in [5, 5.41) is 2.64. The molecule has 7 heteroatoms. The minimum atomic E-state index is -3.70. The number of benzene rings is 1. The van der Waals surface area contributed by atoms with Gasteiger partial charge in [-0.15, -0.1) is 0 Å². The first-order valence-corrected chi connectivity index (χ1v) is 6.96. The zero-order chi connectivity index (χ0) is 13.9. The van der Waals surface area contributed by atoms with E-state index in [9.17, 15) is 17.6 Å². The molecule has 0 saturated carbocycles. The molecule has 1 N–H and O–H groups in total. The maximum absolute atomic E-state index is 14.0. The van der Waals surface area contributed by atoms with Gasteiger partial charge in [0.15, 0.2) is 27.2 Å². The van der Waals surface area contributed by atoms with E-state index in [0.717, 1.165) is 12.3 Å². The predicted octanol–water partition coefficient (Wildman–Crippen LogP) is 0.640. The third kappa shape index (κ3) is 2.85. The molecule has 0 unspecified atom stereocenters. The third-order valence-electron chi connectivity index (χ3n) is 2.30. The van der Waals surface area contributed by atoms with E-state index in [1.165, 1.54) is 13.2 Å². The van der Waals surface area contributed by atoms with E-state index in [1.54, 1.807) is 7.05 Å². The fraction of sp³-hybridized carbons (Fsp3) is 0.364. The van der Waals surface area contributed by atoms with E-state index >= 15 is 0 Å². The lowest BCUT2D eigenvalue weighted by molar-refractivity contribution is 0.0989. The molecular weight excluding hydrogens is 261 g/mol. The van der Waals surface area contributed by atoms with Crippen LogP contribution < -0.4 is 10.1 Å². The Balaban J connectivity index is 3.43. The fourth-order valence-corrected chi connectivity index (χ4v) is 2.23. The zero-order valence-electron chi connectivity index (χ0n) is 10.3. The topological polar surface area (TPSA) is 72.5 Å². The minimum absolute atomic E-state index is 0.00796. The summed E-state index contributed by atoms with van der Waals surface area (Å²) in [6.45, 7) is 0.00796. The lowest BCUT2D eigenvalue weighted by atomic mass is 10.1. The molecule has 0 aliphatic heterocycles. The first-order valence-electron chi connectivity index (χ1n) is 5.07. The summed E-state index contributed by atoms with van der Waals surface area (Å²) in [5.74, 6) is -1.77. The van der Waals surface area contributed by atoms with Gasteiger partial charge in [0.25, 0.3) is 0 Å². The smallest absolute Gasteiger partial charge is 0.184 e. The van der Waals surface area contributed by atoms with Gasteiger partial charge in [0, 0.05) is 6.26 Å². The predicted molar refractivity (Wildman–Crippen MR) is 64.3 cm³/mol. The molecule has 0 aliphatic carbocycles. The summed E-state index contributed by atoms with van der Waals surface area (Å²) in [6, 6.07) is 2.31. The Bertz CT molecular complexity index is 569. The number of likely N-dealkylation sites (N-methyl/N-ethyl adjacent to an activating group) is 1. The lowest BCUT2D eigenvalue weighted by Gasteiger charge is -2.11. The number of sulfone groups is 1. The second kappa shape index (κ2) is 5.45. The highest BCUT2D eigenvalue weighted by Crippen LogP contribution is 2.28. The van der Waals surface area contributed by atoms with Gasteiger partial charge < -0.3 is 10.1 Å². The highest BCUT2D eigenvalue weighted by atomic mass is 32.2. The van der Waals surface area contributed by atoms with Gasteiger partial charge in [-0.25, -0.2) is 12.8 Å². The molecule has 0 aromatic heterocycles. The lowest BCUT2D eigenvalue weighted by Crippen LogP contribution is -2.20. The van der Waals surface area contributed by atoms with Crippen LogP contribution in [0, 0.1) is 5.82 Å². The van der Waals surface area contributed by atoms with Crippen LogP contribution in [0.2, 0.25) is 0 Å². The monoisotopic (exact) mass is 275 g/mol. The van der Waals surface area contributed by atoms with Crippen molar-refractivity contribution in [1.29, 1.82) is 0 Å². The van der Waals surface area contributed by atoms with Crippen LogP contribution in [0.15, 0.2) is 17.0 Å². The standard InChI is InChI=1S/C11H14FNO4S/c1-13-6-8(14)7-4-5-9(18(3,15)16)10(12)11(7)17-2/h4-5,13H,6H2,1-3H3. The quantitative estimate of drug-likeness (QED) is 0.798. The number of Topliss-reactive ketones (excluding diaryl/α,β-unsaturated/α-hetero) is 1. The number of rotatable bonds is 5. The number of nitrogens with one attached hydrogen (secondary N) is 1. The van der Waals surface area contributed by atoms with E-state index < -0.39 is 20.5 Å². The number of carbonyl (C=O) groups excluding carboxylic acids is 1. The third-order valence-corrected chi connectivity index (χ3v) is 3.42. The molecule has 1 rings (SSSR count). The van der Waals surface area contributed by atoms with Crippen molar-refractivity contribution in [3.05, 3.63) is 23.5 Å². The average molecular weight is 275 g/mol. The average Bonchev–Trinajstić information content (AvgIpc) is 2.27. The maximum atomic E-state index is 14.0. The molecule has 0 radical (unpaired) electrons. The Morgan fingerprint density at radius 2 is 2.06 bits per heavy atom. The Morgan fingerprint density at radius 1 is 1.44 bits per heavy atom. The number of halogens is 1. The van der Waals surface area contributed by atoms with E-state index in [2.05, 4.69) is 5.32 Å². The normalized spacial score (nSPS) is 11.3. The van der Waals surface area contributed by atoms with Gasteiger partial charge in [0.2, 0.25) is 0 Å². The van der Waals surface area contributed by atoms with Gasteiger partial charge >= 0.3 is 0 Å². The van der Waals surface area contributed by atoms with Gasteiger partial charge in [0.1, 0.15) is 4.90 Å². The number of ether oxygens (including phenoxy) is 1. The molecule has 1 aromatic carbocycles. The van der Waals surface area contributed by atoms with Crippen LogP contribution in [0.4, 0.5) is 4.39 Å². The molecule has 0 heterocycles. The maximum Gasteiger partial charge on any atom is 0.184 e. The van der Waals surface area contributed by atoms with Crippen molar-refractivity contribution in [2.24, 2.45) is 0 Å². The number of hydrogen-bond donors (Lipinski definition) is 1. The summed E-state index contributed by atoms with van der Waals surface area (Å²) in [5.41, 5.74) is 0.0109. The van der Waals surface area contributed by atoms with Crippen LogP contribution in [0.5, 0.6) is 5.75 Å². The van der Waals surface area contributed by atoms with Crippen LogP contribution in [0.3, 0.4) is 0 Å². The van der Waals surface area contributed by atoms with Gasteiger partial charge in [0.05, 0.1) is 19.2 Å². The highest BCUT2D eigenvalue weighted by Gasteiger charge is 2.23. The molecule has 0 aliphatic rings. The number of hydrogen-bond acceptors (Lipinski definition) is 5. The zero-order valence-corrected chi connectivity index (χ0v) is 11.1. The summed E-state index contributed by atoms with van der Waals surface area (Å²) in [4.78, 5) is 11.2. The molecule has 0 fully saturated rings. The fourth-order valence-electron chi connectivity index (χ4n) is 1.50. The van der Waals surface area contributed by atoms with Gasteiger partial charge in [-0.3, -0.25) is 4.79 Å². The Hall–Kier alpha value is -1.47.